The fourth-order valence-electron chi connectivity index (χ4n) is 2.52. The number of aryl methyl sites for hydroxylation is 2. The summed E-state index contributed by atoms with van der Waals surface area (Å²) in [5.74, 6) is 0.511. The van der Waals surface area contributed by atoms with E-state index in [0.29, 0.717) is 12.5 Å². The average Bonchev–Trinajstić information content (AvgIpc) is 2.75. The highest BCUT2D eigenvalue weighted by Gasteiger charge is 2.19. The van der Waals surface area contributed by atoms with E-state index in [4.69, 9.17) is 10.1 Å². The molecule has 2 aromatic heterocycles. The van der Waals surface area contributed by atoms with E-state index in [-0.39, 0.29) is 6.42 Å². The van der Waals surface area contributed by atoms with E-state index in [0.717, 1.165) is 35.4 Å². The summed E-state index contributed by atoms with van der Waals surface area (Å²) in [6, 6.07) is 2.01. The molecule has 0 fully saturated rings. The maximum absolute atomic E-state index is 10.9. The molecule has 0 unspecified atom stereocenters. The molecule has 0 aliphatic carbocycles. The number of fused-ring (bicyclic) bond motifs is 1. The standard InChI is InChI=1S/C15H21N3O2/c1-4-11(5-2)14-17-12-8-10(3)9-16-15(12)18(14)7-6-13(19)20/h8-9,11H,4-7H2,1-3H3,(H,19,20). The van der Waals surface area contributed by atoms with Gasteiger partial charge in [0.1, 0.15) is 11.3 Å². The Bertz CT molecular complexity index is 615. The first-order valence-electron chi connectivity index (χ1n) is 7.11. The Balaban J connectivity index is 2.52. The smallest absolute Gasteiger partial charge is 0.305 e. The second-order valence-electron chi connectivity index (χ2n) is 5.13. The largest absolute Gasteiger partial charge is 0.481 e. The van der Waals surface area contributed by atoms with Crippen LogP contribution in [0.25, 0.3) is 11.2 Å². The third-order valence-corrected chi connectivity index (χ3v) is 3.65. The molecule has 0 atom stereocenters. The first kappa shape index (κ1) is 14.5. The number of hydrogen-bond donors (Lipinski definition) is 1. The van der Waals surface area contributed by atoms with E-state index in [9.17, 15) is 4.79 Å². The number of carbonyl (C=O) groups is 1. The molecular formula is C15H21N3O2. The normalized spacial score (nSPS) is 11.4. The average molecular weight is 275 g/mol. The van der Waals surface area contributed by atoms with Crippen LogP contribution in [-0.2, 0) is 11.3 Å². The van der Waals surface area contributed by atoms with Crippen molar-refractivity contribution in [1.29, 1.82) is 0 Å². The predicted molar refractivity (Wildman–Crippen MR) is 77.8 cm³/mol. The molecule has 0 amide bonds. The van der Waals surface area contributed by atoms with E-state index in [1.165, 1.54) is 0 Å². The van der Waals surface area contributed by atoms with Crippen molar-refractivity contribution in [1.82, 2.24) is 14.5 Å². The molecule has 1 N–H and O–H groups in total. The number of aliphatic carboxylic acids is 1. The minimum atomic E-state index is -0.797. The highest BCUT2D eigenvalue weighted by atomic mass is 16.4. The molecule has 5 heteroatoms. The van der Waals surface area contributed by atoms with Crippen LogP contribution >= 0.6 is 0 Å². The van der Waals surface area contributed by atoms with Gasteiger partial charge in [0.05, 0.1) is 6.42 Å². The summed E-state index contributed by atoms with van der Waals surface area (Å²) in [5.41, 5.74) is 2.72. The van der Waals surface area contributed by atoms with Crippen LogP contribution in [0.5, 0.6) is 0 Å². The second kappa shape index (κ2) is 6.03. The SMILES string of the molecule is CCC(CC)c1nc2cc(C)cnc2n1CCC(=O)O. The molecule has 0 saturated carbocycles. The molecule has 20 heavy (non-hydrogen) atoms. The maximum atomic E-state index is 10.9. The fraction of sp³-hybridized carbons (Fsp3) is 0.533. The van der Waals surface area contributed by atoms with Crippen LogP contribution in [0.3, 0.4) is 0 Å². The lowest BCUT2D eigenvalue weighted by atomic mass is 10.0. The van der Waals surface area contributed by atoms with Crippen molar-refractivity contribution in [3.8, 4) is 0 Å². The van der Waals surface area contributed by atoms with Crippen LogP contribution < -0.4 is 0 Å². The van der Waals surface area contributed by atoms with Gasteiger partial charge in [-0.05, 0) is 31.4 Å². The van der Waals surface area contributed by atoms with E-state index >= 15 is 0 Å². The first-order valence-corrected chi connectivity index (χ1v) is 7.11. The van der Waals surface area contributed by atoms with E-state index in [1.807, 2.05) is 17.6 Å². The number of aromatic nitrogens is 3. The Hall–Kier alpha value is -1.91. The van der Waals surface area contributed by atoms with Gasteiger partial charge >= 0.3 is 5.97 Å². The van der Waals surface area contributed by atoms with Gasteiger partial charge in [-0.2, -0.15) is 0 Å². The van der Waals surface area contributed by atoms with E-state index in [1.54, 1.807) is 6.20 Å². The molecule has 5 nitrogen and oxygen atoms in total. The lowest BCUT2D eigenvalue weighted by Gasteiger charge is -2.14. The Morgan fingerprint density at radius 3 is 2.70 bits per heavy atom. The van der Waals surface area contributed by atoms with Gasteiger partial charge in [-0.15, -0.1) is 0 Å². The van der Waals surface area contributed by atoms with Crippen LogP contribution in [0.2, 0.25) is 0 Å². The van der Waals surface area contributed by atoms with Crippen LogP contribution in [-0.4, -0.2) is 25.6 Å². The quantitative estimate of drug-likeness (QED) is 0.879. The third-order valence-electron chi connectivity index (χ3n) is 3.65. The summed E-state index contributed by atoms with van der Waals surface area (Å²) in [6.07, 6.45) is 3.88. The Morgan fingerprint density at radius 2 is 2.10 bits per heavy atom. The molecule has 0 spiro atoms. The molecule has 2 rings (SSSR count). The molecule has 0 aromatic carbocycles. The molecule has 2 heterocycles. The van der Waals surface area contributed by atoms with Crippen molar-refractivity contribution in [2.45, 2.75) is 52.5 Å². The summed E-state index contributed by atoms with van der Waals surface area (Å²) < 4.78 is 1.97. The Kier molecular flexibility index (Phi) is 4.37. The van der Waals surface area contributed by atoms with Gasteiger partial charge < -0.3 is 9.67 Å². The lowest BCUT2D eigenvalue weighted by Crippen LogP contribution is -2.11. The van der Waals surface area contributed by atoms with E-state index in [2.05, 4.69) is 18.8 Å². The molecule has 0 bridgehead atoms. The van der Waals surface area contributed by atoms with Crippen molar-refractivity contribution in [3.05, 3.63) is 23.7 Å². The predicted octanol–water partition coefficient (Wildman–Crippen LogP) is 3.12. The van der Waals surface area contributed by atoms with Crippen molar-refractivity contribution in [2.75, 3.05) is 0 Å². The van der Waals surface area contributed by atoms with Crippen LogP contribution in [0, 0.1) is 6.92 Å². The van der Waals surface area contributed by atoms with Crippen LogP contribution in [0.15, 0.2) is 12.3 Å². The van der Waals surface area contributed by atoms with E-state index < -0.39 is 5.97 Å². The van der Waals surface area contributed by atoms with Crippen molar-refractivity contribution >= 4 is 17.1 Å². The number of pyridine rings is 1. The van der Waals surface area contributed by atoms with Gasteiger partial charge in [-0.1, -0.05) is 13.8 Å². The molecule has 2 aromatic rings. The van der Waals surface area contributed by atoms with Crippen LogP contribution in [0.1, 0.15) is 50.4 Å². The van der Waals surface area contributed by atoms with Gasteiger partial charge in [0.15, 0.2) is 5.65 Å². The van der Waals surface area contributed by atoms with Gasteiger partial charge in [0, 0.05) is 18.7 Å². The monoisotopic (exact) mass is 275 g/mol. The number of nitrogens with zero attached hydrogens (tertiary/aromatic N) is 3. The van der Waals surface area contributed by atoms with Crippen molar-refractivity contribution in [2.24, 2.45) is 0 Å². The zero-order valence-corrected chi connectivity index (χ0v) is 12.3. The molecule has 0 saturated heterocycles. The van der Waals surface area contributed by atoms with Crippen LogP contribution in [0.4, 0.5) is 0 Å². The number of carboxylic acids is 1. The fourth-order valence-corrected chi connectivity index (χ4v) is 2.52. The second-order valence-corrected chi connectivity index (χ2v) is 5.13. The summed E-state index contributed by atoms with van der Waals surface area (Å²) in [5, 5.41) is 8.92. The number of rotatable bonds is 6. The van der Waals surface area contributed by atoms with Gasteiger partial charge in [-0.25, -0.2) is 9.97 Å². The lowest BCUT2D eigenvalue weighted by molar-refractivity contribution is -0.137. The Labute approximate surface area is 118 Å². The highest BCUT2D eigenvalue weighted by molar-refractivity contribution is 5.73. The van der Waals surface area contributed by atoms with Gasteiger partial charge in [0.2, 0.25) is 0 Å². The summed E-state index contributed by atoms with van der Waals surface area (Å²) in [4.78, 5) is 20.0. The minimum Gasteiger partial charge on any atom is -0.481 e. The van der Waals surface area contributed by atoms with Crippen molar-refractivity contribution < 1.29 is 9.90 Å². The summed E-state index contributed by atoms with van der Waals surface area (Å²) in [6.45, 7) is 6.68. The maximum Gasteiger partial charge on any atom is 0.305 e. The topological polar surface area (TPSA) is 68.0 Å². The summed E-state index contributed by atoms with van der Waals surface area (Å²) >= 11 is 0. The Morgan fingerprint density at radius 1 is 1.40 bits per heavy atom. The molecule has 0 aliphatic heterocycles. The van der Waals surface area contributed by atoms with Gasteiger partial charge in [-0.3, -0.25) is 4.79 Å². The first-order chi connectivity index (χ1) is 9.56. The molecule has 108 valence electrons. The minimum absolute atomic E-state index is 0.0914. The number of imidazole rings is 1. The zero-order chi connectivity index (χ0) is 14.7. The van der Waals surface area contributed by atoms with Gasteiger partial charge in [0.25, 0.3) is 0 Å². The summed E-state index contributed by atoms with van der Waals surface area (Å²) in [7, 11) is 0. The molecule has 0 aliphatic rings. The zero-order valence-electron chi connectivity index (χ0n) is 12.3. The third kappa shape index (κ3) is 2.81. The number of hydrogen-bond acceptors (Lipinski definition) is 3. The molecular weight excluding hydrogens is 254 g/mol. The highest BCUT2D eigenvalue weighted by Crippen LogP contribution is 2.26. The number of carboxylic acid groups (broad SMARTS) is 1. The molecule has 0 radical (unpaired) electrons. The van der Waals surface area contributed by atoms with Crippen molar-refractivity contribution in [3.63, 3.8) is 0 Å².